The fraction of sp³-hybridized carbons (Fsp3) is 0.316. The summed E-state index contributed by atoms with van der Waals surface area (Å²) in [5.41, 5.74) is -0.259. The van der Waals surface area contributed by atoms with Crippen molar-refractivity contribution in [3.8, 4) is 5.75 Å². The van der Waals surface area contributed by atoms with Gasteiger partial charge in [-0.05, 0) is 42.8 Å². The highest BCUT2D eigenvalue weighted by Gasteiger charge is 2.21. The van der Waals surface area contributed by atoms with Crippen LogP contribution in [0.25, 0.3) is 0 Å². The number of rotatable bonds is 10. The number of anilines is 1. The van der Waals surface area contributed by atoms with Gasteiger partial charge in [-0.25, -0.2) is 17.2 Å². The predicted octanol–water partition coefficient (Wildman–Crippen LogP) is 3.36. The molecule has 1 N–H and O–H groups in total. The first-order valence-corrected chi connectivity index (χ1v) is 11.0. The van der Waals surface area contributed by atoms with E-state index in [1.165, 1.54) is 0 Å². The van der Waals surface area contributed by atoms with Crippen molar-refractivity contribution in [2.24, 2.45) is 0 Å². The van der Waals surface area contributed by atoms with Gasteiger partial charge in [0, 0.05) is 24.1 Å². The number of halogens is 3. The van der Waals surface area contributed by atoms with Gasteiger partial charge < -0.3 is 10.1 Å². The molecule has 0 fully saturated rings. The molecule has 0 aliphatic rings. The molecule has 1 amide bonds. The van der Waals surface area contributed by atoms with Crippen molar-refractivity contribution < 1.29 is 26.7 Å². The summed E-state index contributed by atoms with van der Waals surface area (Å²) in [6, 6.07) is 9.43. The standard InChI is InChI=1S/C19H21ClF2N2O4S/c1-29(26,27)24(18-9-6-15(21)13-17(18)22)11-2-3-19(25)23-10-12-28-16-7-4-14(20)5-8-16/h4-9,13H,2-3,10-12H2,1H3,(H,23,25). The molecule has 158 valence electrons. The first-order chi connectivity index (χ1) is 13.7. The van der Waals surface area contributed by atoms with Gasteiger partial charge in [0.1, 0.15) is 24.0 Å². The van der Waals surface area contributed by atoms with E-state index in [-0.39, 0.29) is 44.1 Å². The molecule has 0 unspecified atom stereocenters. The lowest BCUT2D eigenvalue weighted by Gasteiger charge is -2.22. The van der Waals surface area contributed by atoms with Crippen LogP contribution in [0, 0.1) is 11.6 Å². The molecule has 29 heavy (non-hydrogen) atoms. The Bertz CT molecular complexity index is 940. The van der Waals surface area contributed by atoms with Gasteiger partial charge in [-0.1, -0.05) is 11.6 Å². The molecule has 2 aromatic carbocycles. The van der Waals surface area contributed by atoms with Crippen LogP contribution < -0.4 is 14.4 Å². The number of nitrogens with one attached hydrogen (secondary N) is 1. The molecule has 0 heterocycles. The molecule has 0 bridgehead atoms. The normalized spacial score (nSPS) is 11.2. The fourth-order valence-electron chi connectivity index (χ4n) is 2.51. The molecule has 0 saturated heterocycles. The molecule has 10 heteroatoms. The number of carbonyl (C=O) groups excluding carboxylic acids is 1. The van der Waals surface area contributed by atoms with Crippen molar-refractivity contribution in [1.29, 1.82) is 0 Å². The minimum atomic E-state index is -3.80. The van der Waals surface area contributed by atoms with Crippen LogP contribution in [-0.4, -0.2) is 40.3 Å². The Morgan fingerprint density at radius 2 is 1.86 bits per heavy atom. The molecule has 0 atom stereocenters. The van der Waals surface area contributed by atoms with Crippen molar-refractivity contribution in [2.75, 3.05) is 30.3 Å². The Hall–Kier alpha value is -2.39. The lowest BCUT2D eigenvalue weighted by atomic mass is 10.2. The summed E-state index contributed by atoms with van der Waals surface area (Å²) in [5.74, 6) is -1.47. The molecule has 0 spiro atoms. The quantitative estimate of drug-likeness (QED) is 0.568. The van der Waals surface area contributed by atoms with E-state index in [4.69, 9.17) is 16.3 Å². The van der Waals surface area contributed by atoms with Crippen LogP contribution in [0.3, 0.4) is 0 Å². The molecule has 2 aromatic rings. The van der Waals surface area contributed by atoms with E-state index in [0.29, 0.717) is 16.8 Å². The third kappa shape index (κ3) is 7.51. The lowest BCUT2D eigenvalue weighted by Crippen LogP contribution is -2.33. The van der Waals surface area contributed by atoms with Crippen LogP contribution in [0.4, 0.5) is 14.5 Å². The van der Waals surface area contributed by atoms with E-state index in [0.717, 1.165) is 22.7 Å². The molecular weight excluding hydrogens is 426 g/mol. The Morgan fingerprint density at radius 1 is 1.17 bits per heavy atom. The van der Waals surface area contributed by atoms with Crippen LogP contribution in [0.15, 0.2) is 42.5 Å². The van der Waals surface area contributed by atoms with Gasteiger partial charge in [-0.2, -0.15) is 0 Å². The van der Waals surface area contributed by atoms with E-state index >= 15 is 0 Å². The third-order valence-corrected chi connectivity index (χ3v) is 5.28. The van der Waals surface area contributed by atoms with Gasteiger partial charge in [0.05, 0.1) is 18.5 Å². The van der Waals surface area contributed by atoms with Crippen LogP contribution in [0.5, 0.6) is 5.75 Å². The maximum Gasteiger partial charge on any atom is 0.232 e. The van der Waals surface area contributed by atoms with Crippen molar-refractivity contribution >= 4 is 33.2 Å². The highest BCUT2D eigenvalue weighted by molar-refractivity contribution is 7.92. The van der Waals surface area contributed by atoms with Gasteiger partial charge in [0.2, 0.25) is 15.9 Å². The highest BCUT2D eigenvalue weighted by Crippen LogP contribution is 2.23. The van der Waals surface area contributed by atoms with Gasteiger partial charge in [-0.15, -0.1) is 0 Å². The van der Waals surface area contributed by atoms with Crippen molar-refractivity contribution in [3.63, 3.8) is 0 Å². The van der Waals surface area contributed by atoms with E-state index in [1.807, 2.05) is 0 Å². The van der Waals surface area contributed by atoms with Crippen molar-refractivity contribution in [2.45, 2.75) is 12.8 Å². The van der Waals surface area contributed by atoms with E-state index < -0.39 is 21.7 Å². The summed E-state index contributed by atoms with van der Waals surface area (Å²) < 4.78 is 57.2. The highest BCUT2D eigenvalue weighted by atomic mass is 35.5. The second-order valence-corrected chi connectivity index (χ2v) is 8.53. The van der Waals surface area contributed by atoms with Crippen LogP contribution in [0.2, 0.25) is 5.02 Å². The Kier molecular flexibility index (Phi) is 8.21. The first kappa shape index (κ1) is 22.9. The Balaban J connectivity index is 1.78. The number of nitrogens with zero attached hydrogens (tertiary/aromatic N) is 1. The molecule has 0 aliphatic heterocycles. The molecule has 6 nitrogen and oxygen atoms in total. The molecular formula is C19H21ClF2N2O4S. The molecule has 0 radical (unpaired) electrons. The van der Waals surface area contributed by atoms with Crippen LogP contribution in [0.1, 0.15) is 12.8 Å². The molecule has 2 rings (SSSR count). The molecule has 0 aliphatic carbocycles. The third-order valence-electron chi connectivity index (χ3n) is 3.85. The fourth-order valence-corrected chi connectivity index (χ4v) is 3.60. The maximum atomic E-state index is 13.9. The van der Waals surface area contributed by atoms with Crippen molar-refractivity contribution in [1.82, 2.24) is 5.32 Å². The number of amides is 1. The van der Waals surface area contributed by atoms with Gasteiger partial charge in [-0.3, -0.25) is 9.10 Å². The zero-order chi connectivity index (χ0) is 21.4. The smallest absolute Gasteiger partial charge is 0.232 e. The number of benzene rings is 2. The lowest BCUT2D eigenvalue weighted by molar-refractivity contribution is -0.121. The zero-order valence-electron chi connectivity index (χ0n) is 15.7. The average Bonchev–Trinajstić information content (AvgIpc) is 2.64. The van der Waals surface area contributed by atoms with E-state index in [9.17, 15) is 22.0 Å². The second kappa shape index (κ2) is 10.4. The Morgan fingerprint density at radius 3 is 2.48 bits per heavy atom. The SMILES string of the molecule is CS(=O)(=O)N(CCCC(=O)NCCOc1ccc(Cl)cc1)c1ccc(F)cc1F. The molecule has 0 saturated carbocycles. The summed E-state index contributed by atoms with van der Waals surface area (Å²) in [5, 5.41) is 3.25. The summed E-state index contributed by atoms with van der Waals surface area (Å²) >= 11 is 5.78. The summed E-state index contributed by atoms with van der Waals surface area (Å²) in [7, 11) is -3.80. The van der Waals surface area contributed by atoms with Gasteiger partial charge >= 0.3 is 0 Å². The summed E-state index contributed by atoms with van der Waals surface area (Å²) in [6.07, 6.45) is 1.12. The number of ether oxygens (including phenoxy) is 1. The van der Waals surface area contributed by atoms with Gasteiger partial charge in [0.25, 0.3) is 0 Å². The number of sulfonamides is 1. The maximum absolute atomic E-state index is 13.9. The van der Waals surface area contributed by atoms with Crippen molar-refractivity contribution in [3.05, 3.63) is 59.1 Å². The first-order valence-electron chi connectivity index (χ1n) is 8.74. The predicted molar refractivity (Wildman–Crippen MR) is 108 cm³/mol. The van der Waals surface area contributed by atoms with Gasteiger partial charge in [0.15, 0.2) is 0 Å². The topological polar surface area (TPSA) is 75.7 Å². The number of carbonyl (C=O) groups is 1. The van der Waals surface area contributed by atoms with E-state index in [1.54, 1.807) is 24.3 Å². The monoisotopic (exact) mass is 446 g/mol. The molecule has 0 aromatic heterocycles. The number of hydrogen-bond acceptors (Lipinski definition) is 4. The summed E-state index contributed by atoms with van der Waals surface area (Å²) in [6.45, 7) is 0.406. The largest absolute Gasteiger partial charge is 0.492 e. The average molecular weight is 447 g/mol. The van der Waals surface area contributed by atoms with Crippen LogP contribution in [-0.2, 0) is 14.8 Å². The van der Waals surface area contributed by atoms with Crippen LogP contribution >= 0.6 is 11.6 Å². The van der Waals surface area contributed by atoms with E-state index in [2.05, 4.69) is 5.32 Å². The zero-order valence-corrected chi connectivity index (χ0v) is 17.3. The summed E-state index contributed by atoms with van der Waals surface area (Å²) in [4.78, 5) is 11.9. The minimum Gasteiger partial charge on any atom is -0.492 e. The second-order valence-electron chi connectivity index (χ2n) is 6.19. The Labute approximate surface area is 173 Å². The number of hydrogen-bond donors (Lipinski definition) is 1. The minimum absolute atomic E-state index is 0.0375.